The lowest BCUT2D eigenvalue weighted by molar-refractivity contribution is 0.0169. The highest BCUT2D eigenvalue weighted by Crippen LogP contribution is 2.33. The number of fused-ring (bicyclic) bond motifs is 1. The van der Waals surface area contributed by atoms with Gasteiger partial charge in [0.2, 0.25) is 0 Å². The van der Waals surface area contributed by atoms with Crippen molar-refractivity contribution in [2.75, 3.05) is 11.1 Å². The lowest BCUT2D eigenvalue weighted by atomic mass is 9.92. The molecule has 1 aliphatic rings. The molecule has 0 bridgehead atoms. The quantitative estimate of drug-likeness (QED) is 0.327. The summed E-state index contributed by atoms with van der Waals surface area (Å²) in [5.74, 6) is 0.425. The number of nitrogens with one attached hydrogen (secondary N) is 1. The second-order valence-electron chi connectivity index (χ2n) is 9.44. The molecule has 2 heterocycles. The number of carbonyl (C=O) groups excluding carboxylic acids is 1. The van der Waals surface area contributed by atoms with Crippen molar-refractivity contribution in [3.8, 4) is 6.07 Å². The van der Waals surface area contributed by atoms with E-state index in [2.05, 4.69) is 15.3 Å². The van der Waals surface area contributed by atoms with E-state index in [9.17, 15) is 14.9 Å². The van der Waals surface area contributed by atoms with E-state index >= 15 is 0 Å². The van der Waals surface area contributed by atoms with Crippen molar-refractivity contribution in [2.24, 2.45) is 0 Å². The number of hydrogen-bond acceptors (Lipinski definition) is 9. The van der Waals surface area contributed by atoms with Gasteiger partial charge in [0.25, 0.3) is 5.56 Å². The molecule has 0 aliphatic heterocycles. The lowest BCUT2D eigenvalue weighted by Gasteiger charge is -2.32. The van der Waals surface area contributed by atoms with E-state index in [1.54, 1.807) is 47.0 Å². The first kappa shape index (κ1) is 26.1. The summed E-state index contributed by atoms with van der Waals surface area (Å²) in [6.45, 7) is 1.83. The van der Waals surface area contributed by atoms with Gasteiger partial charge in [0.1, 0.15) is 41.5 Å². The van der Waals surface area contributed by atoms with Crippen LogP contribution >= 0.6 is 11.6 Å². The van der Waals surface area contributed by atoms with E-state index in [0.29, 0.717) is 53.0 Å². The van der Waals surface area contributed by atoms with Crippen molar-refractivity contribution in [2.45, 2.75) is 50.8 Å². The minimum atomic E-state index is -0.517. The van der Waals surface area contributed by atoms with Crippen LogP contribution in [0.5, 0.6) is 0 Å². The number of esters is 1. The van der Waals surface area contributed by atoms with Crippen molar-refractivity contribution in [1.29, 1.82) is 5.26 Å². The maximum atomic E-state index is 13.9. The number of rotatable bonds is 6. The van der Waals surface area contributed by atoms with Gasteiger partial charge in [0.15, 0.2) is 0 Å². The van der Waals surface area contributed by atoms with Crippen LogP contribution in [0.25, 0.3) is 10.9 Å². The summed E-state index contributed by atoms with van der Waals surface area (Å²) in [5.41, 5.74) is 6.70. The molecule has 198 valence electrons. The van der Waals surface area contributed by atoms with Gasteiger partial charge >= 0.3 is 5.97 Å². The summed E-state index contributed by atoms with van der Waals surface area (Å²) in [4.78, 5) is 39.3. The molecule has 0 radical (unpaired) electrons. The van der Waals surface area contributed by atoms with Crippen molar-refractivity contribution >= 4 is 40.1 Å². The summed E-state index contributed by atoms with van der Waals surface area (Å²) in [5, 5.41) is 13.4. The van der Waals surface area contributed by atoms with Gasteiger partial charge < -0.3 is 15.8 Å². The van der Waals surface area contributed by atoms with Crippen LogP contribution in [0.4, 0.5) is 11.6 Å². The molecule has 0 amide bonds. The molecule has 11 heteroatoms. The third-order valence-electron chi connectivity index (χ3n) is 6.93. The van der Waals surface area contributed by atoms with Gasteiger partial charge in [-0.3, -0.25) is 9.36 Å². The highest BCUT2D eigenvalue weighted by Gasteiger charge is 2.30. The zero-order valence-corrected chi connectivity index (χ0v) is 21.9. The van der Waals surface area contributed by atoms with Crippen LogP contribution < -0.4 is 16.6 Å². The molecule has 39 heavy (non-hydrogen) atoms. The number of nitriles is 1. The largest absolute Gasteiger partial charge is 0.459 e. The van der Waals surface area contributed by atoms with E-state index in [0.717, 1.165) is 0 Å². The molecule has 10 nitrogen and oxygen atoms in total. The number of carbonyl (C=O) groups is 1. The molecule has 0 saturated heterocycles. The number of nitrogens with two attached hydrogens (primary N) is 1. The van der Waals surface area contributed by atoms with Gasteiger partial charge in [-0.05, 0) is 56.9 Å². The Bertz CT molecular complexity index is 1630. The van der Waals surface area contributed by atoms with Gasteiger partial charge in [-0.25, -0.2) is 19.7 Å². The molecule has 1 aliphatic carbocycles. The summed E-state index contributed by atoms with van der Waals surface area (Å²) in [6, 6.07) is 15.3. The number of anilines is 2. The average Bonchev–Trinajstić information content (AvgIpc) is 2.94. The van der Waals surface area contributed by atoms with Crippen LogP contribution in [-0.2, 0) is 4.74 Å². The maximum Gasteiger partial charge on any atom is 0.338 e. The second-order valence-corrected chi connectivity index (χ2v) is 9.85. The average molecular weight is 544 g/mol. The number of nitrogens with zero attached hydrogens (tertiary/aromatic N) is 5. The smallest absolute Gasteiger partial charge is 0.338 e. The van der Waals surface area contributed by atoms with Gasteiger partial charge in [-0.15, -0.1) is 0 Å². The molecule has 1 atom stereocenters. The molecule has 2 aromatic heterocycles. The zero-order valence-electron chi connectivity index (χ0n) is 21.2. The minimum absolute atomic E-state index is 0.0567. The number of benzene rings is 2. The number of hydrogen-bond donors (Lipinski definition) is 2. The Morgan fingerprint density at radius 3 is 2.62 bits per heavy atom. The van der Waals surface area contributed by atoms with Gasteiger partial charge in [-0.1, -0.05) is 35.9 Å². The Balaban J connectivity index is 1.45. The summed E-state index contributed by atoms with van der Waals surface area (Å²) >= 11 is 6.44. The Hall–Kier alpha value is -4.49. The normalized spacial score (nSPS) is 17.8. The summed E-state index contributed by atoms with van der Waals surface area (Å²) in [7, 11) is 0. The first-order chi connectivity index (χ1) is 18.9. The molecular weight excluding hydrogens is 518 g/mol. The fraction of sp³-hybridized carbons (Fsp3) is 0.286. The Morgan fingerprint density at radius 2 is 1.90 bits per heavy atom. The lowest BCUT2D eigenvalue weighted by Crippen LogP contribution is -2.35. The second kappa shape index (κ2) is 11.1. The Labute approximate surface area is 229 Å². The highest BCUT2D eigenvalue weighted by atomic mass is 35.5. The molecule has 2 aromatic carbocycles. The molecule has 3 N–H and O–H groups in total. The van der Waals surface area contributed by atoms with Gasteiger partial charge in [0.05, 0.1) is 27.5 Å². The van der Waals surface area contributed by atoms with Crippen LogP contribution in [-0.4, -0.2) is 31.6 Å². The van der Waals surface area contributed by atoms with Gasteiger partial charge in [0, 0.05) is 6.04 Å². The van der Waals surface area contributed by atoms with Crippen molar-refractivity contribution < 1.29 is 9.53 Å². The van der Waals surface area contributed by atoms with E-state index in [1.807, 2.05) is 19.1 Å². The molecule has 1 fully saturated rings. The van der Waals surface area contributed by atoms with Crippen LogP contribution in [0.3, 0.4) is 0 Å². The van der Waals surface area contributed by atoms with E-state index in [1.165, 1.54) is 6.33 Å². The fourth-order valence-electron chi connectivity index (χ4n) is 4.98. The third kappa shape index (κ3) is 5.26. The molecule has 1 saturated carbocycles. The van der Waals surface area contributed by atoms with E-state index in [-0.39, 0.29) is 40.9 Å². The Morgan fingerprint density at radius 1 is 1.15 bits per heavy atom. The topological polar surface area (TPSA) is 149 Å². The molecule has 0 unspecified atom stereocenters. The van der Waals surface area contributed by atoms with Crippen LogP contribution in [0.1, 0.15) is 66.4 Å². The third-order valence-corrected chi connectivity index (χ3v) is 7.24. The maximum absolute atomic E-state index is 13.9. The van der Waals surface area contributed by atoms with Crippen LogP contribution in [0.2, 0.25) is 5.02 Å². The monoisotopic (exact) mass is 543 g/mol. The number of halogens is 1. The molecule has 4 aromatic rings. The Kier molecular flexibility index (Phi) is 7.43. The molecular formula is C28H26ClN7O3. The zero-order chi connectivity index (χ0) is 27.5. The van der Waals surface area contributed by atoms with Crippen LogP contribution in [0.15, 0.2) is 59.7 Å². The summed E-state index contributed by atoms with van der Waals surface area (Å²) in [6.07, 6.45) is 3.42. The number of aromatic nitrogens is 4. The van der Waals surface area contributed by atoms with E-state index in [4.69, 9.17) is 27.1 Å². The highest BCUT2D eigenvalue weighted by molar-refractivity contribution is 6.35. The first-order valence-electron chi connectivity index (χ1n) is 12.6. The van der Waals surface area contributed by atoms with Crippen LogP contribution in [0, 0.1) is 11.3 Å². The summed E-state index contributed by atoms with van der Waals surface area (Å²) < 4.78 is 7.42. The number of nitrogen functional groups attached to an aromatic ring is 1. The van der Waals surface area contributed by atoms with Crippen molar-refractivity contribution in [1.82, 2.24) is 19.5 Å². The molecule has 0 spiro atoms. The predicted octanol–water partition coefficient (Wildman–Crippen LogP) is 4.81. The SMILES string of the molecule is C[C@H](Nc1ncnc(N)c1C#N)c1nc2cccc(Cl)c2c(=O)n1C1CCC(OC(=O)c2ccccc2)CC1. The van der Waals surface area contributed by atoms with Crippen molar-refractivity contribution in [3.05, 3.63) is 87.2 Å². The number of ether oxygens (including phenoxy) is 1. The van der Waals surface area contributed by atoms with Gasteiger partial charge in [-0.2, -0.15) is 5.26 Å². The first-order valence-corrected chi connectivity index (χ1v) is 13.0. The predicted molar refractivity (Wildman–Crippen MR) is 147 cm³/mol. The minimum Gasteiger partial charge on any atom is -0.459 e. The van der Waals surface area contributed by atoms with Crippen molar-refractivity contribution in [3.63, 3.8) is 0 Å². The molecule has 5 rings (SSSR count). The fourth-order valence-corrected chi connectivity index (χ4v) is 5.23. The standard InChI is InChI=1S/C28H26ClN7O3/c1-16(34-25-20(14-30)24(31)32-15-33-25)26-35-22-9-5-8-21(29)23(22)27(37)36(26)18-10-12-19(13-11-18)39-28(38)17-6-3-2-4-7-17/h2-9,15-16,18-19H,10-13H2,1H3,(H3,31,32,33,34)/t16-,18?,19?/m0/s1. The van der Waals surface area contributed by atoms with E-state index < -0.39 is 6.04 Å².